The van der Waals surface area contributed by atoms with E-state index in [0.717, 1.165) is 0 Å². The van der Waals surface area contributed by atoms with Crippen LogP contribution < -0.4 is 5.32 Å². The van der Waals surface area contributed by atoms with Gasteiger partial charge in [0.15, 0.2) is 0 Å². The number of carbonyl (C=O) groups excluding carboxylic acids is 1. The highest BCUT2D eigenvalue weighted by Gasteiger charge is 2.37. The van der Waals surface area contributed by atoms with Crippen molar-refractivity contribution in [2.24, 2.45) is 10.9 Å². The molecule has 1 aromatic rings. The molecule has 1 heterocycles. The Morgan fingerprint density at radius 1 is 1.47 bits per heavy atom. The van der Waals surface area contributed by atoms with Crippen LogP contribution in [0.1, 0.15) is 24.9 Å². The Morgan fingerprint density at radius 2 is 2.21 bits per heavy atom. The molecule has 6 nitrogen and oxygen atoms in total. The number of aromatic hydroxyl groups is 1. The van der Waals surface area contributed by atoms with Gasteiger partial charge in [-0.05, 0) is 24.1 Å². The van der Waals surface area contributed by atoms with Crippen LogP contribution in [-0.2, 0) is 4.79 Å². The molecule has 0 radical (unpaired) electrons. The van der Waals surface area contributed by atoms with Gasteiger partial charge in [-0.3, -0.25) is 4.79 Å². The zero-order valence-corrected chi connectivity index (χ0v) is 10.3. The maximum atomic E-state index is 11.5. The third kappa shape index (κ3) is 2.57. The molecule has 2 atom stereocenters. The van der Waals surface area contributed by atoms with Gasteiger partial charge >= 0.3 is 12.0 Å². The fourth-order valence-corrected chi connectivity index (χ4v) is 2.22. The molecule has 2 unspecified atom stereocenters. The Morgan fingerprint density at radius 3 is 2.79 bits per heavy atom. The van der Waals surface area contributed by atoms with Crippen LogP contribution in [0.15, 0.2) is 29.3 Å². The lowest BCUT2D eigenvalue weighted by Crippen LogP contribution is -2.44. The Bertz CT molecular complexity index is 553. The molecular weight excluding hydrogens is 248 g/mol. The number of hydrogen-bond donors (Lipinski definition) is 3. The fraction of sp³-hybridized carbons (Fsp3) is 0.308. The number of nitrogens with one attached hydrogen (secondary N) is 1. The molecule has 0 spiro atoms. The van der Waals surface area contributed by atoms with Crippen LogP contribution in [-0.4, -0.2) is 27.9 Å². The second-order valence-electron chi connectivity index (χ2n) is 4.29. The summed E-state index contributed by atoms with van der Waals surface area (Å²) in [5.41, 5.74) is 0.881. The summed E-state index contributed by atoms with van der Waals surface area (Å²) in [7, 11) is 0. The molecule has 2 amide bonds. The minimum atomic E-state index is -1.05. The monoisotopic (exact) mass is 262 g/mol. The first kappa shape index (κ1) is 13.1. The van der Waals surface area contributed by atoms with Gasteiger partial charge in [-0.2, -0.15) is 0 Å². The van der Waals surface area contributed by atoms with Gasteiger partial charge in [0, 0.05) is 5.71 Å². The van der Waals surface area contributed by atoms with Crippen molar-refractivity contribution in [1.29, 1.82) is 0 Å². The maximum Gasteiger partial charge on any atom is 0.341 e. The summed E-state index contributed by atoms with van der Waals surface area (Å²) in [6.45, 7) is 1.76. The van der Waals surface area contributed by atoms with Gasteiger partial charge in [0.25, 0.3) is 0 Å². The van der Waals surface area contributed by atoms with Gasteiger partial charge in [0.1, 0.15) is 11.7 Å². The van der Waals surface area contributed by atoms with Gasteiger partial charge in [-0.25, -0.2) is 9.79 Å². The minimum Gasteiger partial charge on any atom is -0.508 e. The average molecular weight is 262 g/mol. The summed E-state index contributed by atoms with van der Waals surface area (Å²) in [5, 5.41) is 21.3. The minimum absolute atomic E-state index is 0.0245. The average Bonchev–Trinajstić information content (AvgIpc) is 2.37. The lowest BCUT2D eigenvalue weighted by atomic mass is 9.86. The summed E-state index contributed by atoms with van der Waals surface area (Å²) in [6.07, 6.45) is 0.389. The summed E-state index contributed by atoms with van der Waals surface area (Å²) in [5.74, 6) is -1.94. The molecule has 0 saturated heterocycles. The molecule has 6 heteroatoms. The van der Waals surface area contributed by atoms with E-state index < -0.39 is 24.0 Å². The Hall–Kier alpha value is -2.37. The van der Waals surface area contributed by atoms with E-state index in [9.17, 15) is 19.8 Å². The number of carboxylic acids is 1. The second-order valence-corrected chi connectivity index (χ2v) is 4.29. The predicted molar refractivity (Wildman–Crippen MR) is 68.2 cm³/mol. The topological polar surface area (TPSA) is 99.0 Å². The molecule has 0 fully saturated rings. The molecule has 19 heavy (non-hydrogen) atoms. The van der Waals surface area contributed by atoms with Crippen molar-refractivity contribution in [3.05, 3.63) is 29.8 Å². The summed E-state index contributed by atoms with van der Waals surface area (Å²) < 4.78 is 0. The third-order valence-electron chi connectivity index (χ3n) is 3.07. The number of phenols is 1. The number of amides is 2. The molecule has 1 aromatic carbocycles. The number of nitrogens with zero attached hydrogens (tertiary/aromatic N) is 1. The Kier molecular flexibility index (Phi) is 3.50. The molecule has 0 aromatic heterocycles. The number of rotatable bonds is 3. The first-order valence-corrected chi connectivity index (χ1v) is 5.92. The number of aliphatic carboxylic acids is 1. The van der Waals surface area contributed by atoms with Gasteiger partial charge < -0.3 is 15.5 Å². The summed E-state index contributed by atoms with van der Waals surface area (Å²) in [6, 6.07) is 4.93. The lowest BCUT2D eigenvalue weighted by molar-refractivity contribution is -0.140. The Labute approximate surface area is 109 Å². The van der Waals surface area contributed by atoms with Crippen LogP contribution in [0.4, 0.5) is 4.79 Å². The van der Waals surface area contributed by atoms with Crippen molar-refractivity contribution in [1.82, 2.24) is 5.32 Å². The number of benzene rings is 1. The molecule has 3 N–H and O–H groups in total. The van der Waals surface area contributed by atoms with E-state index in [2.05, 4.69) is 10.3 Å². The summed E-state index contributed by atoms with van der Waals surface area (Å²) >= 11 is 0. The van der Waals surface area contributed by atoms with E-state index in [-0.39, 0.29) is 5.75 Å². The zero-order chi connectivity index (χ0) is 14.0. The van der Waals surface area contributed by atoms with E-state index >= 15 is 0 Å². The van der Waals surface area contributed by atoms with Crippen LogP contribution >= 0.6 is 0 Å². The standard InChI is InChI=1S/C13H14N2O4/c1-2-9-10(12(17)18)11(15-13(19)14-9)7-4-3-5-8(16)6-7/h3-6,10-11,16H,2H2,1H3,(H,15,19)(H,17,18). The van der Waals surface area contributed by atoms with Gasteiger partial charge in [-0.1, -0.05) is 19.1 Å². The molecular formula is C13H14N2O4. The van der Waals surface area contributed by atoms with Crippen molar-refractivity contribution in [3.8, 4) is 5.75 Å². The quantitative estimate of drug-likeness (QED) is 0.772. The highest BCUT2D eigenvalue weighted by molar-refractivity contribution is 6.08. The highest BCUT2D eigenvalue weighted by Crippen LogP contribution is 2.29. The normalized spacial score (nSPS) is 22.6. The molecule has 1 aliphatic heterocycles. The summed E-state index contributed by atoms with van der Waals surface area (Å²) in [4.78, 5) is 26.6. The molecule has 0 saturated carbocycles. The Balaban J connectivity index is 2.46. The van der Waals surface area contributed by atoms with Crippen molar-refractivity contribution in [2.45, 2.75) is 19.4 Å². The van der Waals surface area contributed by atoms with E-state index in [0.29, 0.717) is 17.7 Å². The maximum absolute atomic E-state index is 11.5. The first-order valence-electron chi connectivity index (χ1n) is 5.92. The number of carboxylic acid groups (broad SMARTS) is 1. The fourth-order valence-electron chi connectivity index (χ4n) is 2.22. The van der Waals surface area contributed by atoms with Gasteiger partial charge in [-0.15, -0.1) is 0 Å². The van der Waals surface area contributed by atoms with Crippen molar-refractivity contribution < 1.29 is 19.8 Å². The molecule has 0 bridgehead atoms. The zero-order valence-electron chi connectivity index (χ0n) is 10.3. The van der Waals surface area contributed by atoms with E-state index in [4.69, 9.17) is 0 Å². The van der Waals surface area contributed by atoms with Crippen molar-refractivity contribution >= 4 is 17.7 Å². The number of carbonyl (C=O) groups is 2. The van der Waals surface area contributed by atoms with Crippen LogP contribution in [0.25, 0.3) is 0 Å². The van der Waals surface area contributed by atoms with Crippen molar-refractivity contribution in [3.63, 3.8) is 0 Å². The second kappa shape index (κ2) is 5.09. The molecule has 0 aliphatic carbocycles. The smallest absolute Gasteiger partial charge is 0.341 e. The van der Waals surface area contributed by atoms with Gasteiger partial charge in [0.2, 0.25) is 0 Å². The van der Waals surface area contributed by atoms with E-state index in [1.54, 1.807) is 19.1 Å². The highest BCUT2D eigenvalue weighted by atomic mass is 16.4. The van der Waals surface area contributed by atoms with Crippen LogP contribution in [0.3, 0.4) is 0 Å². The number of phenolic OH excluding ortho intramolecular Hbond substituents is 1. The molecule has 100 valence electrons. The SMILES string of the molecule is CCC1=NC(=O)NC(c2cccc(O)c2)C1C(=O)O. The third-order valence-corrected chi connectivity index (χ3v) is 3.07. The van der Waals surface area contributed by atoms with E-state index in [1.807, 2.05) is 0 Å². The van der Waals surface area contributed by atoms with Crippen molar-refractivity contribution in [2.75, 3.05) is 0 Å². The van der Waals surface area contributed by atoms with Crippen LogP contribution in [0.2, 0.25) is 0 Å². The number of urea groups is 1. The van der Waals surface area contributed by atoms with Crippen LogP contribution in [0, 0.1) is 5.92 Å². The van der Waals surface area contributed by atoms with Crippen LogP contribution in [0.5, 0.6) is 5.75 Å². The molecule has 2 rings (SSSR count). The predicted octanol–water partition coefficient (Wildman–Crippen LogP) is 1.71. The number of hydrogen-bond acceptors (Lipinski definition) is 3. The number of aliphatic imine (C=N–C) groups is 1. The van der Waals surface area contributed by atoms with Gasteiger partial charge in [0.05, 0.1) is 6.04 Å². The largest absolute Gasteiger partial charge is 0.508 e. The molecule has 1 aliphatic rings. The lowest BCUT2D eigenvalue weighted by Gasteiger charge is -2.29. The first-order chi connectivity index (χ1) is 9.02. The van der Waals surface area contributed by atoms with E-state index in [1.165, 1.54) is 12.1 Å².